The molecular formula is C15H19NO4. The largest absolute Gasteiger partial charge is 0.480 e. The zero-order chi connectivity index (χ0) is 14.0. The SMILES string of the molecule is O=C(NCC1(O)CCOCC1)C1Cc2ccccc2O1. The fourth-order valence-electron chi connectivity index (χ4n) is 2.62. The summed E-state index contributed by atoms with van der Waals surface area (Å²) in [6.45, 7) is 1.33. The Kier molecular flexibility index (Phi) is 3.63. The first-order valence-corrected chi connectivity index (χ1v) is 6.99. The van der Waals surface area contributed by atoms with Gasteiger partial charge in [-0.25, -0.2) is 0 Å². The molecule has 0 aliphatic carbocycles. The Bertz CT molecular complexity index is 471. The second-order valence-corrected chi connectivity index (χ2v) is 5.47. The summed E-state index contributed by atoms with van der Waals surface area (Å²) in [4.78, 5) is 12.1. The van der Waals surface area contributed by atoms with Crippen molar-refractivity contribution < 1.29 is 19.4 Å². The van der Waals surface area contributed by atoms with Crippen LogP contribution in [0.4, 0.5) is 0 Å². The minimum atomic E-state index is -0.848. The number of para-hydroxylation sites is 1. The molecule has 5 nitrogen and oxygen atoms in total. The van der Waals surface area contributed by atoms with Crippen molar-refractivity contribution >= 4 is 5.91 Å². The summed E-state index contributed by atoms with van der Waals surface area (Å²) < 4.78 is 10.8. The van der Waals surface area contributed by atoms with E-state index < -0.39 is 11.7 Å². The molecule has 0 radical (unpaired) electrons. The molecule has 2 heterocycles. The summed E-state index contributed by atoms with van der Waals surface area (Å²) in [6.07, 6.45) is 1.21. The number of aliphatic hydroxyl groups is 1. The van der Waals surface area contributed by atoms with Crippen molar-refractivity contribution in [3.05, 3.63) is 29.8 Å². The Morgan fingerprint density at radius 2 is 2.10 bits per heavy atom. The van der Waals surface area contributed by atoms with Crippen LogP contribution in [0.2, 0.25) is 0 Å². The number of ether oxygens (including phenoxy) is 2. The normalized spacial score (nSPS) is 23.8. The molecule has 1 aromatic carbocycles. The van der Waals surface area contributed by atoms with Gasteiger partial charge in [0.05, 0.1) is 5.60 Å². The average molecular weight is 277 g/mol. The number of rotatable bonds is 3. The van der Waals surface area contributed by atoms with Crippen LogP contribution in [-0.4, -0.2) is 42.5 Å². The van der Waals surface area contributed by atoms with Gasteiger partial charge in [0.2, 0.25) is 0 Å². The van der Waals surface area contributed by atoms with Gasteiger partial charge >= 0.3 is 0 Å². The first-order valence-electron chi connectivity index (χ1n) is 6.99. The van der Waals surface area contributed by atoms with Crippen LogP contribution >= 0.6 is 0 Å². The molecule has 2 aliphatic rings. The lowest BCUT2D eigenvalue weighted by atomic mass is 9.94. The third kappa shape index (κ3) is 2.78. The molecule has 1 saturated heterocycles. The van der Waals surface area contributed by atoms with Gasteiger partial charge in [-0.1, -0.05) is 18.2 Å². The fraction of sp³-hybridized carbons (Fsp3) is 0.533. The molecule has 2 aliphatic heterocycles. The van der Waals surface area contributed by atoms with Crippen molar-refractivity contribution in [3.8, 4) is 5.75 Å². The van der Waals surface area contributed by atoms with Crippen LogP contribution < -0.4 is 10.1 Å². The van der Waals surface area contributed by atoms with Gasteiger partial charge in [-0.2, -0.15) is 0 Å². The lowest BCUT2D eigenvalue weighted by molar-refractivity contribution is -0.129. The highest BCUT2D eigenvalue weighted by atomic mass is 16.5. The van der Waals surface area contributed by atoms with Crippen LogP contribution in [0.15, 0.2) is 24.3 Å². The van der Waals surface area contributed by atoms with Crippen LogP contribution in [0.1, 0.15) is 18.4 Å². The van der Waals surface area contributed by atoms with E-state index in [4.69, 9.17) is 9.47 Å². The van der Waals surface area contributed by atoms with Crippen molar-refractivity contribution in [1.82, 2.24) is 5.32 Å². The van der Waals surface area contributed by atoms with Crippen LogP contribution in [0, 0.1) is 0 Å². The maximum atomic E-state index is 12.1. The average Bonchev–Trinajstić information content (AvgIpc) is 2.89. The molecular weight excluding hydrogens is 258 g/mol. The van der Waals surface area contributed by atoms with Crippen LogP contribution in [0.3, 0.4) is 0 Å². The van der Waals surface area contributed by atoms with E-state index in [0.717, 1.165) is 11.3 Å². The fourth-order valence-corrected chi connectivity index (χ4v) is 2.62. The summed E-state index contributed by atoms with van der Waals surface area (Å²) >= 11 is 0. The van der Waals surface area contributed by atoms with Crippen molar-refractivity contribution in [2.24, 2.45) is 0 Å². The molecule has 0 saturated carbocycles. The van der Waals surface area contributed by atoms with Gasteiger partial charge < -0.3 is 19.9 Å². The Balaban J connectivity index is 1.53. The summed E-state index contributed by atoms with van der Waals surface area (Å²) in [7, 11) is 0. The van der Waals surface area contributed by atoms with E-state index in [2.05, 4.69) is 5.32 Å². The molecule has 1 unspecified atom stereocenters. The number of carbonyl (C=O) groups excluding carboxylic acids is 1. The lowest BCUT2D eigenvalue weighted by Crippen LogP contribution is -2.49. The number of nitrogens with one attached hydrogen (secondary N) is 1. The number of carbonyl (C=O) groups is 1. The van der Waals surface area contributed by atoms with Crippen molar-refractivity contribution in [3.63, 3.8) is 0 Å². The van der Waals surface area contributed by atoms with Crippen LogP contribution in [-0.2, 0) is 16.0 Å². The predicted octanol–water partition coefficient (Wildman–Crippen LogP) is 0.648. The number of hydrogen-bond acceptors (Lipinski definition) is 4. The molecule has 108 valence electrons. The number of amides is 1. The molecule has 20 heavy (non-hydrogen) atoms. The molecule has 1 atom stereocenters. The van der Waals surface area contributed by atoms with E-state index in [1.807, 2.05) is 24.3 Å². The van der Waals surface area contributed by atoms with E-state index in [0.29, 0.717) is 32.5 Å². The predicted molar refractivity (Wildman–Crippen MR) is 72.6 cm³/mol. The smallest absolute Gasteiger partial charge is 0.261 e. The van der Waals surface area contributed by atoms with Crippen LogP contribution in [0.5, 0.6) is 5.75 Å². The molecule has 1 amide bonds. The molecule has 2 N–H and O–H groups in total. The third-order valence-electron chi connectivity index (χ3n) is 3.95. The molecule has 1 aromatic rings. The zero-order valence-electron chi connectivity index (χ0n) is 11.3. The highest BCUT2D eigenvalue weighted by molar-refractivity contribution is 5.82. The second-order valence-electron chi connectivity index (χ2n) is 5.47. The Morgan fingerprint density at radius 3 is 2.85 bits per heavy atom. The highest BCUT2D eigenvalue weighted by Gasteiger charge is 2.33. The van der Waals surface area contributed by atoms with Gasteiger partial charge in [0.1, 0.15) is 5.75 Å². The molecule has 3 rings (SSSR count). The zero-order valence-corrected chi connectivity index (χ0v) is 11.3. The Labute approximate surface area is 117 Å². The maximum absolute atomic E-state index is 12.1. The van der Waals surface area contributed by atoms with Crippen molar-refractivity contribution in [2.45, 2.75) is 31.0 Å². The van der Waals surface area contributed by atoms with E-state index in [9.17, 15) is 9.90 Å². The maximum Gasteiger partial charge on any atom is 0.261 e. The van der Waals surface area contributed by atoms with E-state index in [-0.39, 0.29) is 12.5 Å². The second kappa shape index (κ2) is 5.42. The minimum Gasteiger partial charge on any atom is -0.480 e. The molecule has 0 aromatic heterocycles. The van der Waals surface area contributed by atoms with E-state index >= 15 is 0 Å². The summed E-state index contributed by atoms with van der Waals surface area (Å²) in [5.41, 5.74) is 0.205. The topological polar surface area (TPSA) is 67.8 Å². The molecule has 0 spiro atoms. The Morgan fingerprint density at radius 1 is 1.35 bits per heavy atom. The van der Waals surface area contributed by atoms with Crippen molar-refractivity contribution in [1.29, 1.82) is 0 Å². The summed E-state index contributed by atoms with van der Waals surface area (Å²) in [5, 5.41) is 13.1. The summed E-state index contributed by atoms with van der Waals surface area (Å²) in [6, 6.07) is 7.67. The highest BCUT2D eigenvalue weighted by Crippen LogP contribution is 2.28. The van der Waals surface area contributed by atoms with Gasteiger partial charge in [0.15, 0.2) is 6.10 Å². The lowest BCUT2D eigenvalue weighted by Gasteiger charge is -2.32. The van der Waals surface area contributed by atoms with Gasteiger partial charge in [0.25, 0.3) is 5.91 Å². The number of hydrogen-bond donors (Lipinski definition) is 2. The quantitative estimate of drug-likeness (QED) is 0.851. The van der Waals surface area contributed by atoms with E-state index in [1.165, 1.54) is 0 Å². The molecule has 5 heteroatoms. The van der Waals surface area contributed by atoms with Gasteiger partial charge in [0, 0.05) is 39.0 Å². The molecule has 1 fully saturated rings. The standard InChI is InChI=1S/C15H19NO4/c17-14(16-10-15(18)5-7-19-8-6-15)13-9-11-3-1-2-4-12(11)20-13/h1-4,13,18H,5-10H2,(H,16,17). The van der Waals surface area contributed by atoms with Gasteiger partial charge in [-0.05, 0) is 11.6 Å². The van der Waals surface area contributed by atoms with Crippen molar-refractivity contribution in [2.75, 3.05) is 19.8 Å². The van der Waals surface area contributed by atoms with Gasteiger partial charge in [-0.3, -0.25) is 4.79 Å². The minimum absolute atomic E-state index is 0.166. The first kappa shape index (κ1) is 13.4. The third-order valence-corrected chi connectivity index (χ3v) is 3.95. The molecule has 0 bridgehead atoms. The summed E-state index contributed by atoms with van der Waals surface area (Å²) in [5.74, 6) is 0.610. The Hall–Kier alpha value is -1.59. The van der Waals surface area contributed by atoms with Gasteiger partial charge in [-0.15, -0.1) is 0 Å². The first-order chi connectivity index (χ1) is 9.66. The number of benzene rings is 1. The van der Waals surface area contributed by atoms with E-state index in [1.54, 1.807) is 0 Å². The monoisotopic (exact) mass is 277 g/mol. The van der Waals surface area contributed by atoms with Crippen LogP contribution in [0.25, 0.3) is 0 Å². The number of fused-ring (bicyclic) bond motifs is 1.